The van der Waals surface area contributed by atoms with Crippen LogP contribution in [0.5, 0.6) is 0 Å². The fraction of sp³-hybridized carbons (Fsp3) is 0.562. The summed E-state index contributed by atoms with van der Waals surface area (Å²) in [6.07, 6.45) is 0.903. The maximum atomic E-state index is 12.0. The van der Waals surface area contributed by atoms with Crippen LogP contribution in [0, 0.1) is 0 Å². The van der Waals surface area contributed by atoms with Crippen LogP contribution in [0.3, 0.4) is 0 Å². The van der Waals surface area contributed by atoms with E-state index in [1.165, 1.54) is 0 Å². The molecule has 0 aromatic heterocycles. The first kappa shape index (κ1) is 16.8. The number of hydrogen-bond donors (Lipinski definition) is 2. The van der Waals surface area contributed by atoms with Gasteiger partial charge in [-0.3, -0.25) is 0 Å². The third kappa shape index (κ3) is 4.10. The molecule has 2 amide bonds. The summed E-state index contributed by atoms with van der Waals surface area (Å²) in [6, 6.07) is 5.69. The van der Waals surface area contributed by atoms with E-state index < -0.39 is 0 Å². The number of amides is 2. The van der Waals surface area contributed by atoms with Gasteiger partial charge in [0.25, 0.3) is 0 Å². The number of ether oxygens (including phenoxy) is 1. The molecule has 2 aliphatic rings. The van der Waals surface area contributed by atoms with Gasteiger partial charge in [-0.1, -0.05) is 29.3 Å². The van der Waals surface area contributed by atoms with Gasteiger partial charge in [-0.15, -0.1) is 0 Å². The van der Waals surface area contributed by atoms with Crippen LogP contribution in [0.1, 0.15) is 17.9 Å². The van der Waals surface area contributed by atoms with E-state index in [4.69, 9.17) is 27.9 Å². The minimum atomic E-state index is -0.0638. The van der Waals surface area contributed by atoms with E-state index in [0.29, 0.717) is 23.2 Å². The number of benzene rings is 1. The summed E-state index contributed by atoms with van der Waals surface area (Å²) in [5, 5.41) is 7.36. The summed E-state index contributed by atoms with van der Waals surface area (Å²) < 4.78 is 6.03. The van der Waals surface area contributed by atoms with E-state index >= 15 is 0 Å². The van der Waals surface area contributed by atoms with Crippen LogP contribution in [-0.4, -0.2) is 56.4 Å². The molecule has 2 saturated heterocycles. The fourth-order valence-corrected chi connectivity index (χ4v) is 3.42. The Balaban J connectivity index is 1.79. The molecular formula is C16H21Cl2N3O2. The normalized spacial score (nSPS) is 25.8. The lowest BCUT2D eigenvalue weighted by atomic mass is 9.92. The first-order valence-corrected chi connectivity index (χ1v) is 8.71. The highest BCUT2D eigenvalue weighted by Crippen LogP contribution is 2.30. The van der Waals surface area contributed by atoms with E-state index in [-0.39, 0.29) is 18.1 Å². The van der Waals surface area contributed by atoms with Crippen molar-refractivity contribution in [3.8, 4) is 0 Å². The molecule has 2 fully saturated rings. The Morgan fingerprint density at radius 1 is 1.26 bits per heavy atom. The smallest absolute Gasteiger partial charge is 0.317 e. The summed E-state index contributed by atoms with van der Waals surface area (Å²) in [7, 11) is 0. The van der Waals surface area contributed by atoms with Crippen molar-refractivity contribution in [2.24, 2.45) is 0 Å². The van der Waals surface area contributed by atoms with Gasteiger partial charge in [0.05, 0.1) is 22.8 Å². The summed E-state index contributed by atoms with van der Waals surface area (Å²) >= 11 is 12.2. The van der Waals surface area contributed by atoms with Gasteiger partial charge in [0.15, 0.2) is 0 Å². The minimum absolute atomic E-state index is 0.00931. The molecule has 2 N–H and O–H groups in total. The molecule has 2 heterocycles. The highest BCUT2D eigenvalue weighted by Gasteiger charge is 2.30. The van der Waals surface area contributed by atoms with Crippen LogP contribution in [0.25, 0.3) is 0 Å². The van der Waals surface area contributed by atoms with Crippen molar-refractivity contribution < 1.29 is 9.53 Å². The van der Waals surface area contributed by atoms with Crippen molar-refractivity contribution in [3.05, 3.63) is 33.8 Å². The van der Waals surface area contributed by atoms with Crippen molar-refractivity contribution in [2.75, 3.05) is 39.3 Å². The Morgan fingerprint density at radius 3 is 2.91 bits per heavy atom. The van der Waals surface area contributed by atoms with Gasteiger partial charge in [0.2, 0.25) is 0 Å². The molecule has 0 radical (unpaired) electrons. The lowest BCUT2D eigenvalue weighted by Crippen LogP contribution is -2.50. The number of halogens is 2. The van der Waals surface area contributed by atoms with E-state index in [0.717, 1.165) is 38.2 Å². The molecule has 0 spiro atoms. The van der Waals surface area contributed by atoms with Gasteiger partial charge in [0, 0.05) is 38.6 Å². The molecule has 0 aliphatic carbocycles. The van der Waals surface area contributed by atoms with Crippen molar-refractivity contribution in [1.29, 1.82) is 0 Å². The monoisotopic (exact) mass is 357 g/mol. The lowest BCUT2D eigenvalue weighted by Gasteiger charge is -2.33. The SMILES string of the molecule is O=C1NCCCN1C[C@H]1OCCNC[C@H]1c1ccc(Cl)c(Cl)c1. The second-order valence-electron chi connectivity index (χ2n) is 5.92. The number of hydrogen-bond acceptors (Lipinski definition) is 3. The average molecular weight is 358 g/mol. The zero-order chi connectivity index (χ0) is 16.2. The van der Waals surface area contributed by atoms with Crippen LogP contribution < -0.4 is 10.6 Å². The second kappa shape index (κ2) is 7.71. The molecule has 126 valence electrons. The lowest BCUT2D eigenvalue weighted by molar-refractivity contribution is 0.0295. The van der Waals surface area contributed by atoms with Crippen molar-refractivity contribution >= 4 is 29.2 Å². The molecule has 0 unspecified atom stereocenters. The Hall–Kier alpha value is -1.01. The molecule has 0 saturated carbocycles. The van der Waals surface area contributed by atoms with Gasteiger partial charge in [-0.2, -0.15) is 0 Å². The number of carbonyl (C=O) groups excluding carboxylic acids is 1. The molecule has 0 bridgehead atoms. The third-order valence-corrected chi connectivity index (χ3v) is 5.10. The number of carbonyl (C=O) groups is 1. The standard InChI is InChI=1S/C16H21Cl2N3O2/c17-13-3-2-11(8-14(13)18)12-9-19-5-7-23-15(12)10-21-6-1-4-20-16(21)22/h2-3,8,12,15,19H,1,4-7,9-10H2,(H,20,22)/t12-,15+/m0/s1. The zero-order valence-corrected chi connectivity index (χ0v) is 14.4. The van der Waals surface area contributed by atoms with Gasteiger partial charge in [-0.25, -0.2) is 4.79 Å². The fourth-order valence-electron chi connectivity index (χ4n) is 3.11. The first-order chi connectivity index (χ1) is 11.1. The van der Waals surface area contributed by atoms with Crippen LogP contribution in [-0.2, 0) is 4.74 Å². The predicted molar refractivity (Wildman–Crippen MR) is 91.4 cm³/mol. The maximum absolute atomic E-state index is 12.0. The van der Waals surface area contributed by atoms with E-state index in [2.05, 4.69) is 10.6 Å². The minimum Gasteiger partial charge on any atom is -0.374 e. The number of nitrogens with one attached hydrogen (secondary N) is 2. The van der Waals surface area contributed by atoms with Crippen molar-refractivity contribution in [1.82, 2.24) is 15.5 Å². The average Bonchev–Trinajstić information content (AvgIpc) is 2.78. The molecule has 3 rings (SSSR count). The van der Waals surface area contributed by atoms with Gasteiger partial charge >= 0.3 is 6.03 Å². The summed E-state index contributed by atoms with van der Waals surface area (Å²) in [6.45, 7) is 4.33. The quantitative estimate of drug-likeness (QED) is 0.873. The molecule has 7 heteroatoms. The summed E-state index contributed by atoms with van der Waals surface area (Å²) in [4.78, 5) is 13.8. The van der Waals surface area contributed by atoms with Crippen LogP contribution >= 0.6 is 23.2 Å². The maximum Gasteiger partial charge on any atom is 0.317 e. The molecule has 23 heavy (non-hydrogen) atoms. The highest BCUT2D eigenvalue weighted by atomic mass is 35.5. The van der Waals surface area contributed by atoms with E-state index in [1.807, 2.05) is 23.1 Å². The highest BCUT2D eigenvalue weighted by molar-refractivity contribution is 6.42. The van der Waals surface area contributed by atoms with Crippen molar-refractivity contribution in [3.63, 3.8) is 0 Å². The molecular weight excluding hydrogens is 337 g/mol. The number of urea groups is 1. The largest absolute Gasteiger partial charge is 0.374 e. The summed E-state index contributed by atoms with van der Waals surface area (Å²) in [5.41, 5.74) is 1.08. The Kier molecular flexibility index (Phi) is 5.64. The Bertz CT molecular complexity index is 570. The van der Waals surface area contributed by atoms with E-state index in [9.17, 15) is 4.79 Å². The number of rotatable bonds is 3. The number of nitrogens with zero attached hydrogens (tertiary/aromatic N) is 1. The third-order valence-electron chi connectivity index (χ3n) is 4.36. The molecule has 1 aromatic carbocycles. The van der Waals surface area contributed by atoms with Gasteiger partial charge in [0.1, 0.15) is 0 Å². The molecule has 5 nitrogen and oxygen atoms in total. The van der Waals surface area contributed by atoms with Crippen LogP contribution in [0.2, 0.25) is 10.0 Å². The van der Waals surface area contributed by atoms with Gasteiger partial charge < -0.3 is 20.3 Å². The molecule has 2 aliphatic heterocycles. The predicted octanol–water partition coefficient (Wildman–Crippen LogP) is 2.48. The second-order valence-corrected chi connectivity index (χ2v) is 6.74. The topological polar surface area (TPSA) is 53.6 Å². The Labute approximate surface area is 146 Å². The molecule has 2 atom stereocenters. The molecule has 1 aromatic rings. The van der Waals surface area contributed by atoms with Crippen molar-refractivity contribution in [2.45, 2.75) is 18.4 Å². The van der Waals surface area contributed by atoms with E-state index in [1.54, 1.807) is 0 Å². The van der Waals surface area contributed by atoms with Crippen LogP contribution in [0.15, 0.2) is 18.2 Å². The zero-order valence-electron chi connectivity index (χ0n) is 12.9. The van der Waals surface area contributed by atoms with Gasteiger partial charge in [-0.05, 0) is 24.1 Å². The first-order valence-electron chi connectivity index (χ1n) is 7.95. The Morgan fingerprint density at radius 2 is 2.13 bits per heavy atom. The summed E-state index contributed by atoms with van der Waals surface area (Å²) in [5.74, 6) is 0.127. The van der Waals surface area contributed by atoms with Crippen LogP contribution in [0.4, 0.5) is 4.79 Å².